The number of nitrogens with zero attached hydrogens (tertiary/aromatic N) is 2. The van der Waals surface area contributed by atoms with Crippen LogP contribution in [0.3, 0.4) is 0 Å². The largest absolute Gasteiger partial charge is 0.313 e. The molecule has 0 radical (unpaired) electrons. The summed E-state index contributed by atoms with van der Waals surface area (Å²) in [5.41, 5.74) is 3.85. The number of aromatic nitrogens is 2. The van der Waals surface area contributed by atoms with Crippen molar-refractivity contribution < 1.29 is 0 Å². The Labute approximate surface area is 115 Å². The van der Waals surface area contributed by atoms with E-state index in [-0.39, 0.29) is 0 Å². The van der Waals surface area contributed by atoms with Crippen LogP contribution < -0.4 is 5.32 Å². The normalized spacial score (nSPS) is 10.9. The van der Waals surface area contributed by atoms with Crippen molar-refractivity contribution in [3.63, 3.8) is 0 Å². The summed E-state index contributed by atoms with van der Waals surface area (Å²) < 4.78 is 2.22. The van der Waals surface area contributed by atoms with Crippen LogP contribution in [0.4, 0.5) is 0 Å². The highest BCUT2D eigenvalue weighted by Gasteiger charge is 2.07. The van der Waals surface area contributed by atoms with Crippen molar-refractivity contribution in [3.8, 4) is 5.69 Å². The molecule has 0 amide bonds. The van der Waals surface area contributed by atoms with Gasteiger partial charge in [0, 0.05) is 31.0 Å². The number of hydrogen-bond donors (Lipinski definition) is 1. The molecular weight excluding hydrogens is 234 g/mol. The number of aryl methyl sites for hydroxylation is 2. The van der Waals surface area contributed by atoms with Crippen molar-refractivity contribution in [3.05, 3.63) is 47.5 Å². The van der Waals surface area contributed by atoms with Crippen LogP contribution >= 0.6 is 0 Å². The lowest BCUT2D eigenvalue weighted by Gasteiger charge is -2.13. The Kier molecular flexibility index (Phi) is 4.74. The molecule has 1 N–H and O–H groups in total. The van der Waals surface area contributed by atoms with Crippen LogP contribution in [-0.4, -0.2) is 16.1 Å². The first kappa shape index (κ1) is 13.8. The molecule has 1 aromatic carbocycles. The first-order chi connectivity index (χ1) is 9.26. The van der Waals surface area contributed by atoms with Crippen molar-refractivity contribution in [2.75, 3.05) is 6.54 Å². The van der Waals surface area contributed by atoms with Crippen LogP contribution in [-0.2, 0) is 13.0 Å². The average Bonchev–Trinajstić information content (AvgIpc) is 2.86. The molecule has 0 unspecified atom stereocenters. The predicted octanol–water partition coefficient (Wildman–Crippen LogP) is 3.24. The molecule has 2 aromatic rings. The highest BCUT2D eigenvalue weighted by Crippen LogP contribution is 2.18. The van der Waals surface area contributed by atoms with Gasteiger partial charge in [-0.15, -0.1) is 0 Å². The summed E-state index contributed by atoms with van der Waals surface area (Å²) in [6.07, 6.45) is 6.09. The van der Waals surface area contributed by atoms with E-state index in [1.54, 1.807) is 0 Å². The molecule has 1 heterocycles. The Morgan fingerprint density at radius 1 is 1.26 bits per heavy atom. The van der Waals surface area contributed by atoms with Gasteiger partial charge < -0.3 is 9.88 Å². The summed E-state index contributed by atoms with van der Waals surface area (Å²) in [4.78, 5) is 4.46. The highest BCUT2D eigenvalue weighted by atomic mass is 15.1. The van der Waals surface area contributed by atoms with Crippen LogP contribution in [0.25, 0.3) is 5.69 Å². The van der Waals surface area contributed by atoms with Crippen molar-refractivity contribution in [1.82, 2.24) is 14.9 Å². The molecule has 0 aliphatic carbocycles. The molecule has 0 saturated carbocycles. The summed E-state index contributed by atoms with van der Waals surface area (Å²) in [5, 5.41) is 3.37. The summed E-state index contributed by atoms with van der Waals surface area (Å²) in [6.45, 7) is 8.39. The molecule has 3 heteroatoms. The number of imidazole rings is 1. The summed E-state index contributed by atoms with van der Waals surface area (Å²) in [6, 6.07) is 6.65. The molecule has 3 nitrogen and oxygen atoms in total. The smallest absolute Gasteiger partial charge is 0.113 e. The molecule has 2 rings (SSSR count). The van der Waals surface area contributed by atoms with Gasteiger partial charge in [0.15, 0.2) is 0 Å². The van der Waals surface area contributed by atoms with E-state index in [4.69, 9.17) is 0 Å². The maximum absolute atomic E-state index is 4.46. The molecule has 0 spiro atoms. The highest BCUT2D eigenvalue weighted by molar-refractivity contribution is 5.44. The Morgan fingerprint density at radius 3 is 2.84 bits per heavy atom. The van der Waals surface area contributed by atoms with E-state index < -0.39 is 0 Å². The Bertz CT molecular complexity index is 529. The van der Waals surface area contributed by atoms with Gasteiger partial charge in [-0.3, -0.25) is 0 Å². The number of nitrogens with one attached hydrogen (secondary N) is 1. The lowest BCUT2D eigenvalue weighted by molar-refractivity contribution is 0.725. The second-order valence-electron chi connectivity index (χ2n) is 4.86. The fourth-order valence-corrected chi connectivity index (χ4v) is 2.26. The number of rotatable bonds is 6. The Hall–Kier alpha value is -1.61. The van der Waals surface area contributed by atoms with E-state index in [1.165, 1.54) is 16.8 Å². The zero-order chi connectivity index (χ0) is 13.7. The molecule has 0 aliphatic rings. The molecule has 19 heavy (non-hydrogen) atoms. The quantitative estimate of drug-likeness (QED) is 0.861. The van der Waals surface area contributed by atoms with Crippen molar-refractivity contribution in [1.29, 1.82) is 0 Å². The minimum atomic E-state index is 0.918. The lowest BCUT2D eigenvalue weighted by Crippen LogP contribution is -2.12. The minimum Gasteiger partial charge on any atom is -0.313 e. The summed E-state index contributed by atoms with van der Waals surface area (Å²) >= 11 is 0. The summed E-state index contributed by atoms with van der Waals surface area (Å²) in [5.74, 6) is 1.14. The third kappa shape index (κ3) is 3.24. The van der Waals surface area contributed by atoms with Gasteiger partial charge in [-0.2, -0.15) is 0 Å². The van der Waals surface area contributed by atoms with Gasteiger partial charge in [-0.1, -0.05) is 26.0 Å². The SMILES string of the molecule is CCCc1nccn1-c1cc(CNCC)ccc1C. The van der Waals surface area contributed by atoms with Crippen molar-refractivity contribution in [2.24, 2.45) is 0 Å². The zero-order valence-electron chi connectivity index (χ0n) is 12.1. The van der Waals surface area contributed by atoms with E-state index in [0.29, 0.717) is 0 Å². The number of hydrogen-bond acceptors (Lipinski definition) is 2. The average molecular weight is 257 g/mol. The van der Waals surface area contributed by atoms with Gasteiger partial charge in [0.05, 0.1) is 0 Å². The van der Waals surface area contributed by atoms with Gasteiger partial charge in [-0.05, 0) is 37.1 Å². The summed E-state index contributed by atoms with van der Waals surface area (Å²) in [7, 11) is 0. The van der Waals surface area contributed by atoms with Crippen LogP contribution in [0, 0.1) is 6.92 Å². The first-order valence-electron chi connectivity index (χ1n) is 7.09. The maximum atomic E-state index is 4.46. The molecule has 0 bridgehead atoms. The van der Waals surface area contributed by atoms with Crippen LogP contribution in [0.2, 0.25) is 0 Å². The Balaban J connectivity index is 2.34. The topological polar surface area (TPSA) is 29.9 Å². The van der Waals surface area contributed by atoms with Crippen LogP contribution in [0.1, 0.15) is 37.2 Å². The third-order valence-electron chi connectivity index (χ3n) is 3.30. The van der Waals surface area contributed by atoms with Gasteiger partial charge in [-0.25, -0.2) is 4.98 Å². The Morgan fingerprint density at radius 2 is 2.11 bits per heavy atom. The van der Waals surface area contributed by atoms with E-state index in [9.17, 15) is 0 Å². The number of benzene rings is 1. The van der Waals surface area contributed by atoms with E-state index >= 15 is 0 Å². The zero-order valence-corrected chi connectivity index (χ0v) is 12.1. The van der Waals surface area contributed by atoms with E-state index in [2.05, 4.69) is 60.0 Å². The molecule has 0 fully saturated rings. The minimum absolute atomic E-state index is 0.918. The third-order valence-corrected chi connectivity index (χ3v) is 3.30. The monoisotopic (exact) mass is 257 g/mol. The lowest BCUT2D eigenvalue weighted by atomic mass is 10.1. The maximum Gasteiger partial charge on any atom is 0.113 e. The molecule has 0 aliphatic heterocycles. The molecule has 0 saturated heterocycles. The first-order valence-corrected chi connectivity index (χ1v) is 7.09. The predicted molar refractivity (Wildman–Crippen MR) is 79.7 cm³/mol. The van der Waals surface area contributed by atoms with E-state index in [1.807, 2.05) is 6.20 Å². The van der Waals surface area contributed by atoms with Gasteiger partial charge >= 0.3 is 0 Å². The van der Waals surface area contributed by atoms with E-state index in [0.717, 1.165) is 31.8 Å². The molecule has 0 atom stereocenters. The van der Waals surface area contributed by atoms with Crippen molar-refractivity contribution >= 4 is 0 Å². The van der Waals surface area contributed by atoms with Crippen LogP contribution in [0.5, 0.6) is 0 Å². The fraction of sp³-hybridized carbons (Fsp3) is 0.438. The molecule has 1 aromatic heterocycles. The molecule has 102 valence electrons. The standard InChI is InChI=1S/C16H23N3/c1-4-6-16-18-9-10-19(16)15-11-14(12-17-5-2)8-7-13(15)3/h7-11,17H,4-6,12H2,1-3H3. The second kappa shape index (κ2) is 6.53. The second-order valence-corrected chi connectivity index (χ2v) is 4.86. The molecular formula is C16H23N3. The van der Waals surface area contributed by atoms with Crippen molar-refractivity contribution in [2.45, 2.75) is 40.2 Å². The van der Waals surface area contributed by atoms with Gasteiger partial charge in [0.2, 0.25) is 0 Å². The van der Waals surface area contributed by atoms with Gasteiger partial charge in [0.25, 0.3) is 0 Å². The fourth-order valence-electron chi connectivity index (χ4n) is 2.26. The van der Waals surface area contributed by atoms with Gasteiger partial charge in [0.1, 0.15) is 5.82 Å². The van der Waals surface area contributed by atoms with Crippen LogP contribution in [0.15, 0.2) is 30.6 Å².